The maximum Gasteiger partial charge on any atom is 0.0631 e. The number of carboxylic acid groups (broad SMARTS) is 1. The quantitative estimate of drug-likeness (QED) is 0.718. The van der Waals surface area contributed by atoms with E-state index in [9.17, 15) is 9.90 Å². The largest absolute Gasteiger partial charge is 0.550 e. The first-order chi connectivity index (χ1) is 10.6. The van der Waals surface area contributed by atoms with Crippen molar-refractivity contribution in [1.29, 1.82) is 0 Å². The fraction of sp³-hybridized carbons (Fsp3) is 0.118. The van der Waals surface area contributed by atoms with Crippen molar-refractivity contribution < 1.29 is 9.90 Å². The molecule has 2 aromatic heterocycles. The first-order valence-electron chi connectivity index (χ1n) is 6.85. The summed E-state index contributed by atoms with van der Waals surface area (Å²) in [5, 5.41) is 13.5. The molecule has 0 aliphatic heterocycles. The van der Waals surface area contributed by atoms with Crippen molar-refractivity contribution in [2.24, 2.45) is 0 Å². The van der Waals surface area contributed by atoms with Gasteiger partial charge in [-0.3, -0.25) is 0 Å². The highest BCUT2D eigenvalue weighted by molar-refractivity contribution is 7.13. The second kappa shape index (κ2) is 6.38. The molecule has 0 aliphatic rings. The molecule has 1 aromatic carbocycles. The van der Waals surface area contributed by atoms with E-state index in [0.29, 0.717) is 11.4 Å². The third-order valence-electron chi connectivity index (χ3n) is 3.41. The zero-order valence-corrected chi connectivity index (χ0v) is 13.2. The van der Waals surface area contributed by atoms with Gasteiger partial charge in [-0.15, -0.1) is 11.3 Å². The molecule has 0 amide bonds. The number of hydrogen-bond donors (Lipinski definition) is 0. The van der Waals surface area contributed by atoms with E-state index in [1.807, 2.05) is 47.8 Å². The molecule has 22 heavy (non-hydrogen) atoms. The molecule has 0 atom stereocenters. The van der Waals surface area contributed by atoms with Gasteiger partial charge < -0.3 is 14.5 Å². The van der Waals surface area contributed by atoms with Crippen molar-refractivity contribution in [2.45, 2.75) is 12.8 Å². The lowest BCUT2D eigenvalue weighted by atomic mass is 10.2. The number of aromatic nitrogens is 1. The summed E-state index contributed by atoms with van der Waals surface area (Å²) in [4.78, 5) is 11.9. The zero-order chi connectivity index (χ0) is 15.5. The van der Waals surface area contributed by atoms with Gasteiger partial charge in [-0.25, -0.2) is 0 Å². The van der Waals surface area contributed by atoms with E-state index in [-0.39, 0.29) is 6.42 Å². The molecule has 3 nitrogen and oxygen atoms in total. The highest BCUT2D eigenvalue weighted by Crippen LogP contribution is 2.30. The molecule has 5 heteroatoms. The van der Waals surface area contributed by atoms with Crippen LogP contribution in [0.1, 0.15) is 12.1 Å². The molecule has 0 fully saturated rings. The summed E-state index contributed by atoms with van der Waals surface area (Å²) in [6.45, 7) is 0. The maximum atomic E-state index is 10.8. The Hall–Kier alpha value is -2.04. The standard InChI is InChI=1S/C17H14ClNO2S/c18-12-3-5-13(6-4-12)19-14(8-10-17(20)21)7-9-15(19)16-2-1-11-22-16/h1-7,9,11H,8,10H2,(H,20,21)/p-1. The van der Waals surface area contributed by atoms with Gasteiger partial charge in [0.25, 0.3) is 0 Å². The topological polar surface area (TPSA) is 45.1 Å². The molecule has 2 heterocycles. The van der Waals surface area contributed by atoms with Crippen molar-refractivity contribution in [3.63, 3.8) is 0 Å². The van der Waals surface area contributed by atoms with Gasteiger partial charge >= 0.3 is 0 Å². The number of thiophene rings is 1. The molecular weight excluding hydrogens is 318 g/mol. The fourth-order valence-electron chi connectivity index (χ4n) is 2.42. The highest BCUT2D eigenvalue weighted by atomic mass is 35.5. The molecule has 3 rings (SSSR count). The van der Waals surface area contributed by atoms with Crippen LogP contribution in [0.5, 0.6) is 0 Å². The van der Waals surface area contributed by atoms with Crippen LogP contribution in [-0.2, 0) is 11.2 Å². The molecule has 0 aliphatic carbocycles. The van der Waals surface area contributed by atoms with E-state index in [0.717, 1.165) is 22.0 Å². The third kappa shape index (κ3) is 3.08. The Balaban J connectivity index is 2.08. The van der Waals surface area contributed by atoms with Crippen LogP contribution in [0.3, 0.4) is 0 Å². The molecule has 3 aromatic rings. The normalized spacial score (nSPS) is 10.8. The molecule has 0 bridgehead atoms. The van der Waals surface area contributed by atoms with Crippen LogP contribution in [0.2, 0.25) is 5.02 Å². The van der Waals surface area contributed by atoms with Crippen molar-refractivity contribution in [3.8, 4) is 16.3 Å². The van der Waals surface area contributed by atoms with Gasteiger partial charge in [0.1, 0.15) is 0 Å². The van der Waals surface area contributed by atoms with E-state index in [1.54, 1.807) is 11.3 Å². The van der Waals surface area contributed by atoms with Gasteiger partial charge in [0.2, 0.25) is 0 Å². The molecule has 0 N–H and O–H groups in total. The number of aliphatic carboxylic acids is 1. The Bertz CT molecular complexity index is 776. The number of halogens is 1. The lowest BCUT2D eigenvalue weighted by Gasteiger charge is -2.13. The predicted molar refractivity (Wildman–Crippen MR) is 87.4 cm³/mol. The van der Waals surface area contributed by atoms with E-state index >= 15 is 0 Å². The minimum absolute atomic E-state index is 0.00147. The predicted octanol–water partition coefficient (Wildman–Crippen LogP) is 3.54. The van der Waals surface area contributed by atoms with Crippen molar-refractivity contribution in [3.05, 3.63) is 64.6 Å². The SMILES string of the molecule is O=C([O-])CCc1ccc(-c2cccs2)n1-c1ccc(Cl)cc1. The Morgan fingerprint density at radius 1 is 1.14 bits per heavy atom. The van der Waals surface area contributed by atoms with Gasteiger partial charge in [0, 0.05) is 22.4 Å². The minimum atomic E-state index is -1.04. The first kappa shape index (κ1) is 14.9. The minimum Gasteiger partial charge on any atom is -0.550 e. The lowest BCUT2D eigenvalue weighted by molar-refractivity contribution is -0.305. The summed E-state index contributed by atoms with van der Waals surface area (Å²) in [5.74, 6) is -1.04. The van der Waals surface area contributed by atoms with Crippen LogP contribution in [0.15, 0.2) is 53.9 Å². The monoisotopic (exact) mass is 330 g/mol. The third-order valence-corrected chi connectivity index (χ3v) is 4.55. The van der Waals surface area contributed by atoms with Crippen LogP contribution in [0.25, 0.3) is 16.3 Å². The van der Waals surface area contributed by atoms with Crippen molar-refractivity contribution in [2.75, 3.05) is 0 Å². The Kier molecular flexibility index (Phi) is 4.32. The number of benzene rings is 1. The molecule has 0 saturated heterocycles. The Labute approximate surface area is 137 Å². The smallest absolute Gasteiger partial charge is 0.0631 e. The fourth-order valence-corrected chi connectivity index (χ4v) is 3.28. The van der Waals surface area contributed by atoms with E-state index in [1.165, 1.54) is 0 Å². The van der Waals surface area contributed by atoms with Gasteiger partial charge in [0.05, 0.1) is 10.6 Å². The van der Waals surface area contributed by atoms with Crippen LogP contribution >= 0.6 is 22.9 Å². The van der Waals surface area contributed by atoms with Gasteiger partial charge in [-0.1, -0.05) is 17.7 Å². The second-order valence-corrected chi connectivity index (χ2v) is 6.26. The first-order valence-corrected chi connectivity index (χ1v) is 8.11. The van der Waals surface area contributed by atoms with E-state index in [4.69, 9.17) is 11.6 Å². The number of hydrogen-bond acceptors (Lipinski definition) is 3. The summed E-state index contributed by atoms with van der Waals surface area (Å²) in [6.07, 6.45) is 0.428. The summed E-state index contributed by atoms with van der Waals surface area (Å²) in [7, 11) is 0. The summed E-state index contributed by atoms with van der Waals surface area (Å²) in [6, 6.07) is 15.6. The number of nitrogens with zero attached hydrogens (tertiary/aromatic N) is 1. The van der Waals surface area contributed by atoms with Gasteiger partial charge in [-0.2, -0.15) is 0 Å². The summed E-state index contributed by atoms with van der Waals surface area (Å²) < 4.78 is 2.07. The van der Waals surface area contributed by atoms with Crippen molar-refractivity contribution in [1.82, 2.24) is 4.57 Å². The molecule has 112 valence electrons. The molecular formula is C17H13ClNO2S-. The zero-order valence-electron chi connectivity index (χ0n) is 11.7. The highest BCUT2D eigenvalue weighted by Gasteiger charge is 2.12. The van der Waals surface area contributed by atoms with Crippen LogP contribution in [-0.4, -0.2) is 10.5 Å². The van der Waals surface area contributed by atoms with E-state index < -0.39 is 5.97 Å². The average molecular weight is 331 g/mol. The molecule has 0 spiro atoms. The number of carbonyl (C=O) groups is 1. The number of carboxylic acids is 1. The van der Waals surface area contributed by atoms with Crippen LogP contribution in [0, 0.1) is 0 Å². The van der Waals surface area contributed by atoms with Crippen LogP contribution < -0.4 is 5.11 Å². The van der Waals surface area contributed by atoms with Crippen LogP contribution in [0.4, 0.5) is 0 Å². The second-order valence-electron chi connectivity index (χ2n) is 4.87. The Morgan fingerprint density at radius 3 is 2.55 bits per heavy atom. The number of rotatable bonds is 5. The lowest BCUT2D eigenvalue weighted by Crippen LogP contribution is -2.22. The molecule has 0 radical (unpaired) electrons. The van der Waals surface area contributed by atoms with Gasteiger partial charge in [-0.05, 0) is 60.7 Å². The van der Waals surface area contributed by atoms with Crippen molar-refractivity contribution >= 4 is 28.9 Å². The van der Waals surface area contributed by atoms with E-state index in [2.05, 4.69) is 10.6 Å². The summed E-state index contributed by atoms with van der Waals surface area (Å²) >= 11 is 7.61. The average Bonchev–Trinajstić information content (AvgIpc) is 3.15. The molecule has 0 saturated carbocycles. The number of carbonyl (C=O) groups excluding carboxylic acids is 1. The van der Waals surface area contributed by atoms with Gasteiger partial charge in [0.15, 0.2) is 0 Å². The summed E-state index contributed by atoms with van der Waals surface area (Å²) in [5.41, 5.74) is 2.95. The molecule has 0 unspecified atom stereocenters. The maximum absolute atomic E-state index is 10.8. The number of aryl methyl sites for hydroxylation is 1. The Morgan fingerprint density at radius 2 is 1.91 bits per heavy atom.